The van der Waals surface area contributed by atoms with Gasteiger partial charge >= 0.3 is 5.97 Å². The molecule has 1 saturated carbocycles. The number of nitrogens with zero attached hydrogens (tertiary/aromatic N) is 1. The Bertz CT molecular complexity index is 770. The molecule has 9 nitrogen and oxygen atoms in total. The smallest absolute Gasteiger partial charge is 0.325 e. The molecule has 1 aliphatic rings. The van der Waals surface area contributed by atoms with E-state index in [0.29, 0.717) is 5.92 Å². The van der Waals surface area contributed by atoms with E-state index < -0.39 is 35.6 Å². The van der Waals surface area contributed by atoms with Gasteiger partial charge < -0.3 is 15.4 Å². The Balaban J connectivity index is 1.76. The van der Waals surface area contributed by atoms with E-state index in [4.69, 9.17) is 16.3 Å². The summed E-state index contributed by atoms with van der Waals surface area (Å²) in [6.45, 7) is 1.18. The first-order valence-electron chi connectivity index (χ1n) is 8.95. The van der Waals surface area contributed by atoms with Crippen LogP contribution in [0.1, 0.15) is 43.0 Å². The first-order chi connectivity index (χ1) is 13.3. The monoisotopic (exact) mass is 411 g/mol. The van der Waals surface area contributed by atoms with E-state index in [0.717, 1.165) is 31.7 Å². The van der Waals surface area contributed by atoms with Crippen LogP contribution < -0.4 is 10.6 Å². The molecule has 0 aliphatic heterocycles. The molecular formula is C18H22ClN3O6. The SMILES string of the molecule is CC1CCCCC1NC(=O)COC(=O)CNC(=O)c1ccc(Cl)c([N+](=O)[O-])c1. The maximum Gasteiger partial charge on any atom is 0.325 e. The Morgan fingerprint density at radius 1 is 1.29 bits per heavy atom. The number of nitrogens with one attached hydrogen (secondary N) is 2. The molecule has 2 atom stereocenters. The van der Waals surface area contributed by atoms with Crippen molar-refractivity contribution in [3.8, 4) is 0 Å². The molecule has 1 aliphatic carbocycles. The molecule has 1 fully saturated rings. The molecule has 10 heteroatoms. The molecule has 0 radical (unpaired) electrons. The topological polar surface area (TPSA) is 128 Å². The number of esters is 1. The maximum absolute atomic E-state index is 12.0. The van der Waals surface area contributed by atoms with Crippen molar-refractivity contribution < 1.29 is 24.0 Å². The lowest BCUT2D eigenvalue weighted by molar-refractivity contribution is -0.384. The van der Waals surface area contributed by atoms with Crippen LogP contribution in [0.15, 0.2) is 18.2 Å². The molecule has 2 amide bonds. The molecule has 2 N–H and O–H groups in total. The van der Waals surface area contributed by atoms with Crippen molar-refractivity contribution in [3.05, 3.63) is 38.9 Å². The normalized spacial score (nSPS) is 18.8. The quantitative estimate of drug-likeness (QED) is 0.402. The van der Waals surface area contributed by atoms with Gasteiger partial charge in [-0.15, -0.1) is 0 Å². The largest absolute Gasteiger partial charge is 0.454 e. The number of halogens is 1. The minimum Gasteiger partial charge on any atom is -0.454 e. The van der Waals surface area contributed by atoms with Crippen molar-refractivity contribution in [2.75, 3.05) is 13.2 Å². The molecule has 2 rings (SSSR count). The number of nitro groups is 1. The van der Waals surface area contributed by atoms with Crippen LogP contribution in [-0.4, -0.2) is 41.9 Å². The molecule has 0 heterocycles. The minimum absolute atomic E-state index is 0.0204. The van der Waals surface area contributed by atoms with Crippen molar-refractivity contribution in [1.82, 2.24) is 10.6 Å². The highest BCUT2D eigenvalue weighted by atomic mass is 35.5. The van der Waals surface area contributed by atoms with Gasteiger partial charge in [0.2, 0.25) is 0 Å². The van der Waals surface area contributed by atoms with E-state index in [-0.39, 0.29) is 22.5 Å². The summed E-state index contributed by atoms with van der Waals surface area (Å²) in [7, 11) is 0. The lowest BCUT2D eigenvalue weighted by atomic mass is 9.86. The number of benzene rings is 1. The maximum atomic E-state index is 12.0. The molecule has 2 unspecified atom stereocenters. The van der Waals surface area contributed by atoms with Gasteiger partial charge in [0, 0.05) is 17.7 Å². The van der Waals surface area contributed by atoms with Gasteiger partial charge in [0.15, 0.2) is 6.61 Å². The highest BCUT2D eigenvalue weighted by Crippen LogP contribution is 2.25. The van der Waals surface area contributed by atoms with Gasteiger partial charge in [-0.25, -0.2) is 0 Å². The molecule has 0 saturated heterocycles. The molecule has 0 bridgehead atoms. The summed E-state index contributed by atoms with van der Waals surface area (Å²) in [6, 6.07) is 3.63. The van der Waals surface area contributed by atoms with Gasteiger partial charge in [0.1, 0.15) is 11.6 Å². The van der Waals surface area contributed by atoms with E-state index in [1.165, 1.54) is 12.1 Å². The van der Waals surface area contributed by atoms with E-state index in [2.05, 4.69) is 17.6 Å². The first-order valence-corrected chi connectivity index (χ1v) is 9.33. The van der Waals surface area contributed by atoms with E-state index in [9.17, 15) is 24.5 Å². The molecule has 1 aromatic rings. The summed E-state index contributed by atoms with van der Waals surface area (Å²) in [5.41, 5.74) is -0.432. The predicted octanol–water partition coefficient (Wildman–Crippen LogP) is 2.22. The lowest BCUT2D eigenvalue weighted by Crippen LogP contribution is -2.43. The lowest BCUT2D eigenvalue weighted by Gasteiger charge is -2.29. The fourth-order valence-corrected chi connectivity index (χ4v) is 3.21. The van der Waals surface area contributed by atoms with Crippen LogP contribution in [0.4, 0.5) is 5.69 Å². The fourth-order valence-electron chi connectivity index (χ4n) is 3.02. The number of carbonyl (C=O) groups excluding carboxylic acids is 3. The Morgan fingerprint density at radius 2 is 2.00 bits per heavy atom. The standard InChI is InChI=1S/C18H22ClN3O6/c1-11-4-2-3-5-14(11)21-16(23)10-28-17(24)9-20-18(25)12-6-7-13(19)15(8-12)22(26)27/h6-8,11,14H,2-5,9-10H2,1H3,(H,20,25)(H,21,23). The predicted molar refractivity (Wildman–Crippen MR) is 101 cm³/mol. The fraction of sp³-hybridized carbons (Fsp3) is 0.500. The average molecular weight is 412 g/mol. The van der Waals surface area contributed by atoms with E-state index in [1.807, 2.05) is 0 Å². The highest BCUT2D eigenvalue weighted by molar-refractivity contribution is 6.32. The molecule has 1 aromatic carbocycles. The zero-order valence-electron chi connectivity index (χ0n) is 15.4. The summed E-state index contributed by atoms with van der Waals surface area (Å²) in [5.74, 6) is -1.48. The third-order valence-electron chi connectivity index (χ3n) is 4.62. The summed E-state index contributed by atoms with van der Waals surface area (Å²) < 4.78 is 4.85. The Hall–Kier alpha value is -2.68. The van der Waals surface area contributed by atoms with E-state index in [1.54, 1.807) is 0 Å². The second-order valence-corrected chi connectivity index (χ2v) is 7.11. The average Bonchev–Trinajstić information content (AvgIpc) is 2.66. The molecule has 152 valence electrons. The zero-order chi connectivity index (χ0) is 20.7. The van der Waals surface area contributed by atoms with Gasteiger partial charge in [-0.3, -0.25) is 24.5 Å². The van der Waals surface area contributed by atoms with Crippen LogP contribution in [0, 0.1) is 16.0 Å². The van der Waals surface area contributed by atoms with Gasteiger partial charge in [-0.1, -0.05) is 31.4 Å². The van der Waals surface area contributed by atoms with Crippen LogP contribution in [0.2, 0.25) is 5.02 Å². The van der Waals surface area contributed by atoms with Gasteiger partial charge in [-0.2, -0.15) is 0 Å². The van der Waals surface area contributed by atoms with Crippen molar-refractivity contribution in [1.29, 1.82) is 0 Å². The summed E-state index contributed by atoms with van der Waals surface area (Å²) in [6.07, 6.45) is 4.17. The zero-order valence-corrected chi connectivity index (χ0v) is 16.2. The summed E-state index contributed by atoms with van der Waals surface area (Å²) in [5, 5.41) is 15.9. The summed E-state index contributed by atoms with van der Waals surface area (Å²) in [4.78, 5) is 45.8. The molecule has 0 spiro atoms. The third kappa shape index (κ3) is 6.19. The van der Waals surface area contributed by atoms with Crippen LogP contribution in [0.5, 0.6) is 0 Å². The van der Waals surface area contributed by atoms with Crippen LogP contribution in [-0.2, 0) is 14.3 Å². The van der Waals surface area contributed by atoms with Crippen molar-refractivity contribution in [3.63, 3.8) is 0 Å². The van der Waals surface area contributed by atoms with Gasteiger partial charge in [0.25, 0.3) is 17.5 Å². The number of nitro benzene ring substituents is 1. The highest BCUT2D eigenvalue weighted by Gasteiger charge is 2.23. The van der Waals surface area contributed by atoms with Crippen LogP contribution in [0.3, 0.4) is 0 Å². The Morgan fingerprint density at radius 3 is 2.68 bits per heavy atom. The van der Waals surface area contributed by atoms with Crippen molar-refractivity contribution in [2.24, 2.45) is 5.92 Å². The number of carbonyl (C=O) groups is 3. The van der Waals surface area contributed by atoms with Crippen molar-refractivity contribution in [2.45, 2.75) is 38.6 Å². The second-order valence-electron chi connectivity index (χ2n) is 6.70. The molecule has 0 aromatic heterocycles. The first kappa shape index (κ1) is 21.6. The van der Waals surface area contributed by atoms with Crippen LogP contribution in [0.25, 0.3) is 0 Å². The third-order valence-corrected chi connectivity index (χ3v) is 4.94. The minimum atomic E-state index is -0.788. The number of hydrogen-bond donors (Lipinski definition) is 2. The Labute approximate surface area is 166 Å². The number of hydrogen-bond acceptors (Lipinski definition) is 6. The summed E-state index contributed by atoms with van der Waals surface area (Å²) >= 11 is 5.69. The number of ether oxygens (including phenoxy) is 1. The second kappa shape index (κ2) is 10.0. The van der Waals surface area contributed by atoms with Crippen molar-refractivity contribution >= 4 is 35.1 Å². The number of amides is 2. The number of rotatable bonds is 7. The van der Waals surface area contributed by atoms with E-state index >= 15 is 0 Å². The van der Waals surface area contributed by atoms with Gasteiger partial charge in [0.05, 0.1) is 4.92 Å². The van der Waals surface area contributed by atoms with Crippen LogP contribution >= 0.6 is 11.6 Å². The Kier molecular flexibility index (Phi) is 7.74. The molecular weight excluding hydrogens is 390 g/mol. The van der Waals surface area contributed by atoms with Gasteiger partial charge in [-0.05, 0) is 30.9 Å². The molecule has 28 heavy (non-hydrogen) atoms.